The van der Waals surface area contributed by atoms with Crippen LogP contribution in [0.25, 0.3) is 66.4 Å². The Labute approximate surface area is 399 Å². The van der Waals surface area contributed by atoms with Gasteiger partial charge in [0, 0.05) is 79.0 Å². The fourth-order valence-corrected chi connectivity index (χ4v) is 12.2. The van der Waals surface area contributed by atoms with Crippen LogP contribution >= 0.6 is 11.6 Å². The second kappa shape index (κ2) is 14.4. The molecule has 1 aliphatic heterocycles. The minimum Gasteiger partial charge on any atom is -0.457 e. The normalized spacial score (nSPS) is 14.2. The molecule has 0 atom stereocenters. The number of benzene rings is 9. The summed E-state index contributed by atoms with van der Waals surface area (Å²) in [5, 5.41) is 2.74. The van der Waals surface area contributed by atoms with Gasteiger partial charge in [0.15, 0.2) is 0 Å². The second-order valence-corrected chi connectivity index (χ2v) is 19.2. The van der Waals surface area contributed by atoms with Crippen LogP contribution in [0.4, 0.5) is 17.1 Å². The zero-order valence-electron chi connectivity index (χ0n) is 37.3. The van der Waals surface area contributed by atoms with Gasteiger partial charge >= 0.3 is 0 Å². The lowest BCUT2D eigenvalue weighted by molar-refractivity contribution is 0.436. The third-order valence-electron chi connectivity index (χ3n) is 14.8. The Balaban J connectivity index is 1.03. The first-order valence-electron chi connectivity index (χ1n) is 23.2. The van der Waals surface area contributed by atoms with Crippen molar-refractivity contribution >= 4 is 50.6 Å². The largest absolute Gasteiger partial charge is 0.457 e. The van der Waals surface area contributed by atoms with Crippen molar-refractivity contribution in [3.8, 4) is 56.0 Å². The highest BCUT2D eigenvalue weighted by Gasteiger charge is 2.51. The van der Waals surface area contributed by atoms with Gasteiger partial charge in [-0.1, -0.05) is 159 Å². The van der Waals surface area contributed by atoms with Crippen molar-refractivity contribution in [1.29, 1.82) is 0 Å². The van der Waals surface area contributed by atoms with E-state index in [4.69, 9.17) is 20.8 Å². The first kappa shape index (κ1) is 39.0. The molecule has 9 aromatic carbocycles. The molecule has 2 aliphatic carbocycles. The summed E-state index contributed by atoms with van der Waals surface area (Å²) in [6, 6.07) is 71.9. The maximum Gasteiger partial charge on any atom is 0.143 e. The third kappa shape index (κ3) is 5.41. The molecule has 0 saturated heterocycles. The molecule has 3 heterocycles. The molecule has 322 valence electrons. The number of fused-ring (bicyclic) bond motifs is 15. The summed E-state index contributed by atoms with van der Waals surface area (Å²) >= 11 is 6.90. The third-order valence-corrected chi connectivity index (χ3v) is 15.1. The van der Waals surface area contributed by atoms with E-state index in [1.165, 1.54) is 50.1 Å². The molecule has 0 bridgehead atoms. The lowest BCUT2D eigenvalue weighted by atomic mass is 9.66. The van der Waals surface area contributed by atoms with Crippen LogP contribution < -0.4 is 9.64 Å². The summed E-state index contributed by atoms with van der Waals surface area (Å²) in [6.45, 7) is 4.71. The molecule has 11 aromatic rings. The van der Waals surface area contributed by atoms with Crippen LogP contribution in [0.5, 0.6) is 11.5 Å². The molecular weight excluding hydrogens is 852 g/mol. The molecule has 0 fully saturated rings. The number of rotatable bonds is 5. The molecule has 4 nitrogen and oxygen atoms in total. The topological polar surface area (TPSA) is 38.5 Å². The van der Waals surface area contributed by atoms with E-state index in [9.17, 15) is 0 Å². The number of pyridine rings is 1. The number of hydrogen-bond acceptors (Lipinski definition) is 4. The summed E-state index contributed by atoms with van der Waals surface area (Å²) in [5.41, 5.74) is 20.3. The zero-order chi connectivity index (χ0) is 45.3. The first-order valence-corrected chi connectivity index (χ1v) is 23.6. The Morgan fingerprint density at radius 1 is 0.456 bits per heavy atom. The summed E-state index contributed by atoms with van der Waals surface area (Å²) in [5.74, 6) is 1.57. The molecule has 5 heteroatoms. The predicted octanol–water partition coefficient (Wildman–Crippen LogP) is 17.2. The van der Waals surface area contributed by atoms with E-state index >= 15 is 0 Å². The van der Waals surface area contributed by atoms with E-state index in [1.807, 2.05) is 42.7 Å². The molecule has 14 rings (SSSR count). The van der Waals surface area contributed by atoms with E-state index in [0.29, 0.717) is 5.02 Å². The van der Waals surface area contributed by atoms with Gasteiger partial charge in [-0.25, -0.2) is 0 Å². The highest BCUT2D eigenvalue weighted by Crippen LogP contribution is 2.63. The predicted molar refractivity (Wildman–Crippen MR) is 277 cm³/mol. The van der Waals surface area contributed by atoms with E-state index in [1.54, 1.807) is 0 Å². The molecular formula is C63H41ClN2O2. The van der Waals surface area contributed by atoms with Gasteiger partial charge < -0.3 is 14.1 Å². The Kier molecular flexibility index (Phi) is 8.27. The van der Waals surface area contributed by atoms with Crippen LogP contribution in [0.1, 0.15) is 47.2 Å². The maximum absolute atomic E-state index is 7.11. The van der Waals surface area contributed by atoms with Crippen LogP contribution in [0.2, 0.25) is 5.02 Å². The molecule has 0 unspecified atom stereocenters. The molecule has 0 amide bonds. The van der Waals surface area contributed by atoms with Crippen molar-refractivity contribution in [3.63, 3.8) is 0 Å². The SMILES string of the molecule is CC1(C)c2ccccc2-c2cccc(-c3cccc(N(c4ccc5c(c4)Oc4ccc(Cl)cc4C54c5ccccc5-c5ccccc54)c4cc(-c5cccnc5)c5oc6ccccc6c5c4)c3)c21. The number of aromatic nitrogens is 1. The molecule has 0 radical (unpaired) electrons. The van der Waals surface area contributed by atoms with Crippen molar-refractivity contribution < 1.29 is 9.15 Å². The van der Waals surface area contributed by atoms with E-state index < -0.39 is 5.41 Å². The lowest BCUT2D eigenvalue weighted by Gasteiger charge is -2.40. The molecule has 0 N–H and O–H groups in total. The van der Waals surface area contributed by atoms with Gasteiger partial charge in [-0.15, -0.1) is 0 Å². The van der Waals surface area contributed by atoms with Gasteiger partial charge in [-0.3, -0.25) is 4.98 Å². The quantitative estimate of drug-likeness (QED) is 0.173. The highest BCUT2D eigenvalue weighted by molar-refractivity contribution is 6.30. The minimum atomic E-state index is -0.662. The van der Waals surface area contributed by atoms with Gasteiger partial charge in [0.2, 0.25) is 0 Å². The molecule has 0 saturated carbocycles. The van der Waals surface area contributed by atoms with E-state index in [2.05, 4.69) is 194 Å². The summed E-state index contributed by atoms with van der Waals surface area (Å²) < 4.78 is 13.8. The highest BCUT2D eigenvalue weighted by atomic mass is 35.5. The number of furan rings is 1. The summed E-state index contributed by atoms with van der Waals surface area (Å²) in [7, 11) is 0. The molecule has 3 aliphatic rings. The van der Waals surface area contributed by atoms with Crippen LogP contribution in [-0.4, -0.2) is 4.98 Å². The minimum absolute atomic E-state index is 0.187. The van der Waals surface area contributed by atoms with Gasteiger partial charge in [0.1, 0.15) is 22.7 Å². The zero-order valence-corrected chi connectivity index (χ0v) is 38.1. The number of ether oxygens (including phenoxy) is 1. The van der Waals surface area contributed by atoms with Crippen LogP contribution in [0, 0.1) is 0 Å². The second-order valence-electron chi connectivity index (χ2n) is 18.8. The van der Waals surface area contributed by atoms with Crippen molar-refractivity contribution in [2.45, 2.75) is 24.7 Å². The fraction of sp³-hybridized carbons (Fsp3) is 0.0635. The Hall–Kier alpha value is -8.18. The van der Waals surface area contributed by atoms with E-state index in [-0.39, 0.29) is 5.41 Å². The monoisotopic (exact) mass is 892 g/mol. The van der Waals surface area contributed by atoms with E-state index in [0.717, 1.165) is 78.3 Å². The average Bonchev–Trinajstić information content (AvgIpc) is 3.98. The Morgan fingerprint density at radius 2 is 1.13 bits per heavy atom. The molecule has 68 heavy (non-hydrogen) atoms. The maximum atomic E-state index is 7.11. The molecule has 1 spiro atoms. The Bertz CT molecular complexity index is 3860. The summed E-state index contributed by atoms with van der Waals surface area (Å²) in [4.78, 5) is 6.94. The number of nitrogens with zero attached hydrogens (tertiary/aromatic N) is 2. The van der Waals surface area contributed by atoms with Gasteiger partial charge in [-0.2, -0.15) is 0 Å². The van der Waals surface area contributed by atoms with Crippen LogP contribution in [-0.2, 0) is 10.8 Å². The van der Waals surface area contributed by atoms with Crippen LogP contribution in [0.15, 0.2) is 217 Å². The number of hydrogen-bond donors (Lipinski definition) is 0. The number of para-hydroxylation sites is 1. The average molecular weight is 893 g/mol. The van der Waals surface area contributed by atoms with Crippen molar-refractivity contribution in [2.24, 2.45) is 0 Å². The standard InChI is InChI=1S/C63H41ClN2O2/c1-62(2)52-23-7-3-19-47(52)49-22-12-21-44(60(49)62)38-14-11-16-41(32-38)66(43-34-50(39-15-13-31-65-37-39)61-51(35-43)48-20-6-10-26-57(48)68-61)42-28-29-55-59(36-42)67-58-30-27-40(64)33-56(58)63(55)53-24-8-4-17-45(53)46-18-5-9-25-54(46)63/h3-37H,1-2H3. The van der Waals surface area contributed by atoms with Crippen molar-refractivity contribution in [1.82, 2.24) is 4.98 Å². The Morgan fingerprint density at radius 3 is 1.93 bits per heavy atom. The molecule has 2 aromatic heterocycles. The number of anilines is 3. The first-order chi connectivity index (χ1) is 33.4. The van der Waals surface area contributed by atoms with Crippen LogP contribution in [0.3, 0.4) is 0 Å². The lowest BCUT2D eigenvalue weighted by Crippen LogP contribution is -2.32. The van der Waals surface area contributed by atoms with Gasteiger partial charge in [-0.05, 0) is 116 Å². The van der Waals surface area contributed by atoms with Crippen molar-refractivity contribution in [2.75, 3.05) is 4.90 Å². The number of halogens is 1. The summed E-state index contributed by atoms with van der Waals surface area (Å²) in [6.07, 6.45) is 3.73. The fourth-order valence-electron chi connectivity index (χ4n) is 12.0. The van der Waals surface area contributed by atoms with Crippen molar-refractivity contribution in [3.05, 3.63) is 251 Å². The smallest absolute Gasteiger partial charge is 0.143 e. The van der Waals surface area contributed by atoms with Gasteiger partial charge in [0.25, 0.3) is 0 Å². The van der Waals surface area contributed by atoms with Gasteiger partial charge in [0.05, 0.1) is 5.41 Å².